The summed E-state index contributed by atoms with van der Waals surface area (Å²) in [7, 11) is 1.64. The maximum atomic E-state index is 5.81. The third kappa shape index (κ3) is 4.88. The summed E-state index contributed by atoms with van der Waals surface area (Å²) < 4.78 is 13.1. The van der Waals surface area contributed by atoms with Crippen molar-refractivity contribution in [2.24, 2.45) is 0 Å². The minimum absolute atomic E-state index is 0.424. The number of hydrogen-bond acceptors (Lipinski definition) is 3. The van der Waals surface area contributed by atoms with E-state index in [4.69, 9.17) is 9.47 Å². The first-order valence-electron chi connectivity index (χ1n) is 8.16. The van der Waals surface area contributed by atoms with Crippen molar-refractivity contribution in [1.82, 2.24) is 9.55 Å². The van der Waals surface area contributed by atoms with Crippen LogP contribution >= 0.6 is 0 Å². The molecule has 0 aliphatic carbocycles. The molecular weight excluding hydrogens is 300 g/mol. The van der Waals surface area contributed by atoms with Crippen molar-refractivity contribution in [2.45, 2.75) is 27.0 Å². The number of aromatic nitrogens is 2. The highest BCUT2D eigenvalue weighted by molar-refractivity contribution is 5.32. The summed E-state index contributed by atoms with van der Waals surface area (Å²) in [6, 6.07) is 17.9. The van der Waals surface area contributed by atoms with Crippen LogP contribution in [0.1, 0.15) is 25.2 Å². The highest BCUT2D eigenvalue weighted by atomic mass is 16.5. The highest BCUT2D eigenvalue weighted by Gasteiger charge is 2.05. The summed E-state index contributed by atoms with van der Waals surface area (Å²) in [6.07, 6.45) is 3.77. The summed E-state index contributed by atoms with van der Waals surface area (Å²) in [5, 5.41) is 0. The van der Waals surface area contributed by atoms with Gasteiger partial charge in [-0.2, -0.15) is 0 Å². The SMILES string of the molecule is CC.COc1cccc(OCc2nccn2Cc2ccccc2)c1. The molecule has 24 heavy (non-hydrogen) atoms. The van der Waals surface area contributed by atoms with E-state index in [1.807, 2.05) is 62.5 Å². The first-order valence-corrected chi connectivity index (χ1v) is 8.16. The van der Waals surface area contributed by atoms with Crippen molar-refractivity contribution < 1.29 is 9.47 Å². The van der Waals surface area contributed by atoms with E-state index in [-0.39, 0.29) is 0 Å². The molecule has 4 nitrogen and oxygen atoms in total. The van der Waals surface area contributed by atoms with E-state index in [1.54, 1.807) is 13.3 Å². The molecule has 0 spiro atoms. The lowest BCUT2D eigenvalue weighted by Crippen LogP contribution is -2.07. The second kappa shape index (κ2) is 9.40. The zero-order chi connectivity index (χ0) is 17.2. The van der Waals surface area contributed by atoms with Crippen LogP contribution in [0, 0.1) is 0 Å². The van der Waals surface area contributed by atoms with E-state index in [1.165, 1.54) is 5.56 Å². The Kier molecular flexibility index (Phi) is 6.90. The molecule has 126 valence electrons. The molecule has 0 unspecified atom stereocenters. The van der Waals surface area contributed by atoms with Gasteiger partial charge in [0.2, 0.25) is 0 Å². The highest BCUT2D eigenvalue weighted by Crippen LogP contribution is 2.19. The summed E-state index contributed by atoms with van der Waals surface area (Å²) in [6.45, 7) is 5.21. The molecule has 0 atom stereocenters. The molecule has 3 rings (SSSR count). The minimum atomic E-state index is 0.424. The van der Waals surface area contributed by atoms with Crippen LogP contribution in [0.5, 0.6) is 11.5 Å². The second-order valence-electron chi connectivity index (χ2n) is 4.92. The minimum Gasteiger partial charge on any atom is -0.497 e. The van der Waals surface area contributed by atoms with Gasteiger partial charge in [0, 0.05) is 25.0 Å². The Hall–Kier alpha value is -2.75. The molecule has 2 aromatic carbocycles. The molecule has 0 fully saturated rings. The smallest absolute Gasteiger partial charge is 0.147 e. The first kappa shape index (κ1) is 17.6. The average Bonchev–Trinajstić information content (AvgIpc) is 3.10. The lowest BCUT2D eigenvalue weighted by Gasteiger charge is -2.10. The molecule has 0 saturated carbocycles. The molecule has 0 bridgehead atoms. The number of hydrogen-bond donors (Lipinski definition) is 0. The fourth-order valence-corrected chi connectivity index (χ4v) is 2.24. The maximum absolute atomic E-state index is 5.81. The molecule has 0 saturated heterocycles. The topological polar surface area (TPSA) is 36.3 Å². The molecule has 1 aromatic heterocycles. The van der Waals surface area contributed by atoms with Gasteiger partial charge in [0.25, 0.3) is 0 Å². The van der Waals surface area contributed by atoms with E-state index in [9.17, 15) is 0 Å². The fourth-order valence-electron chi connectivity index (χ4n) is 2.24. The standard InChI is InChI=1S/C18H18N2O2.C2H6/c1-21-16-8-5-9-17(12-16)22-14-18-19-10-11-20(18)13-15-6-3-2-4-7-15;1-2/h2-12H,13-14H2,1H3;1-2H3. The Bertz CT molecular complexity index is 723. The predicted molar refractivity (Wildman–Crippen MR) is 96.4 cm³/mol. The Morgan fingerprint density at radius 3 is 2.46 bits per heavy atom. The molecule has 4 heteroatoms. The molecule has 0 aliphatic rings. The number of rotatable bonds is 6. The van der Waals surface area contributed by atoms with E-state index >= 15 is 0 Å². The van der Waals surface area contributed by atoms with Crippen LogP contribution in [-0.4, -0.2) is 16.7 Å². The van der Waals surface area contributed by atoms with Crippen molar-refractivity contribution in [1.29, 1.82) is 0 Å². The molecule has 0 amide bonds. The van der Waals surface area contributed by atoms with Gasteiger partial charge >= 0.3 is 0 Å². The quantitative estimate of drug-likeness (QED) is 0.667. The summed E-state index contributed by atoms with van der Waals surface area (Å²) >= 11 is 0. The van der Waals surface area contributed by atoms with Crippen molar-refractivity contribution in [3.63, 3.8) is 0 Å². The third-order valence-electron chi connectivity index (χ3n) is 3.41. The number of imidazole rings is 1. The molecule has 3 aromatic rings. The van der Waals surface area contributed by atoms with E-state index in [0.29, 0.717) is 6.61 Å². The zero-order valence-corrected chi connectivity index (χ0v) is 14.5. The van der Waals surface area contributed by atoms with Crippen LogP contribution in [-0.2, 0) is 13.2 Å². The summed E-state index contributed by atoms with van der Waals surface area (Å²) in [5.41, 5.74) is 1.24. The van der Waals surface area contributed by atoms with Crippen molar-refractivity contribution in [3.05, 3.63) is 78.4 Å². The normalized spacial score (nSPS) is 9.79. The van der Waals surface area contributed by atoms with Crippen molar-refractivity contribution >= 4 is 0 Å². The molecule has 0 aliphatic heterocycles. The van der Waals surface area contributed by atoms with Crippen molar-refractivity contribution in [3.8, 4) is 11.5 Å². The number of benzene rings is 2. The van der Waals surface area contributed by atoms with Crippen LogP contribution in [0.25, 0.3) is 0 Å². The van der Waals surface area contributed by atoms with Gasteiger partial charge in [-0.15, -0.1) is 0 Å². The van der Waals surface area contributed by atoms with Gasteiger partial charge in [-0.25, -0.2) is 4.98 Å². The third-order valence-corrected chi connectivity index (χ3v) is 3.41. The summed E-state index contributed by atoms with van der Waals surface area (Å²) in [4.78, 5) is 4.38. The van der Waals surface area contributed by atoms with E-state index in [0.717, 1.165) is 23.9 Å². The molecular formula is C20H24N2O2. The van der Waals surface area contributed by atoms with Crippen LogP contribution in [0.4, 0.5) is 0 Å². The van der Waals surface area contributed by atoms with Gasteiger partial charge < -0.3 is 14.0 Å². The maximum Gasteiger partial charge on any atom is 0.147 e. The van der Waals surface area contributed by atoms with Gasteiger partial charge in [0.05, 0.1) is 7.11 Å². The van der Waals surface area contributed by atoms with Gasteiger partial charge in [-0.05, 0) is 17.7 Å². The Labute approximate surface area is 143 Å². The van der Waals surface area contributed by atoms with Crippen LogP contribution in [0.15, 0.2) is 67.0 Å². The number of ether oxygens (including phenoxy) is 2. The van der Waals surface area contributed by atoms with Crippen LogP contribution in [0.2, 0.25) is 0 Å². The van der Waals surface area contributed by atoms with Gasteiger partial charge in [0.15, 0.2) is 0 Å². The van der Waals surface area contributed by atoms with Crippen LogP contribution in [0.3, 0.4) is 0 Å². The van der Waals surface area contributed by atoms with Gasteiger partial charge in [-0.1, -0.05) is 50.2 Å². The van der Waals surface area contributed by atoms with E-state index in [2.05, 4.69) is 21.7 Å². The lowest BCUT2D eigenvalue weighted by atomic mass is 10.2. The molecule has 0 N–H and O–H groups in total. The number of methoxy groups -OCH3 is 1. The largest absolute Gasteiger partial charge is 0.497 e. The molecule has 1 heterocycles. The van der Waals surface area contributed by atoms with Gasteiger partial charge in [-0.3, -0.25) is 0 Å². The molecule has 0 radical (unpaired) electrons. The fraction of sp³-hybridized carbons (Fsp3) is 0.250. The first-order chi connectivity index (χ1) is 11.8. The number of nitrogens with zero attached hydrogens (tertiary/aromatic N) is 2. The Balaban J connectivity index is 0.00000100. The lowest BCUT2D eigenvalue weighted by molar-refractivity contribution is 0.288. The summed E-state index contributed by atoms with van der Waals surface area (Å²) in [5.74, 6) is 2.45. The Morgan fingerprint density at radius 2 is 1.71 bits per heavy atom. The predicted octanol–water partition coefficient (Wildman–Crippen LogP) is 4.55. The zero-order valence-electron chi connectivity index (χ0n) is 14.5. The second-order valence-corrected chi connectivity index (χ2v) is 4.92. The monoisotopic (exact) mass is 324 g/mol. The average molecular weight is 324 g/mol. The van der Waals surface area contributed by atoms with Crippen molar-refractivity contribution in [2.75, 3.05) is 7.11 Å². The van der Waals surface area contributed by atoms with Crippen LogP contribution < -0.4 is 9.47 Å². The van der Waals surface area contributed by atoms with E-state index < -0.39 is 0 Å². The Morgan fingerprint density at radius 1 is 0.958 bits per heavy atom. The van der Waals surface area contributed by atoms with Gasteiger partial charge in [0.1, 0.15) is 23.9 Å².